The van der Waals surface area contributed by atoms with Crippen LogP contribution in [0.5, 0.6) is 5.95 Å². The first-order chi connectivity index (χ1) is 25.7. The van der Waals surface area contributed by atoms with Crippen LogP contribution in [0.2, 0.25) is 0 Å². The molecule has 0 aromatic carbocycles. The van der Waals surface area contributed by atoms with Crippen molar-refractivity contribution in [2.45, 2.75) is 76.5 Å². The number of hydrogen-bond acceptors (Lipinski definition) is 14. The third-order valence-corrected chi connectivity index (χ3v) is 12.4. The van der Waals surface area contributed by atoms with Crippen LogP contribution in [0.3, 0.4) is 0 Å². The number of aliphatic imine (C=N–C) groups is 1. The summed E-state index contributed by atoms with van der Waals surface area (Å²) in [6.45, 7) is 3.91. The molecule has 0 spiro atoms. The number of aliphatic hydroxyl groups is 5. The zero-order chi connectivity index (χ0) is 38.3. The molecule has 3 fully saturated rings. The van der Waals surface area contributed by atoms with Gasteiger partial charge in [0.15, 0.2) is 17.5 Å². The minimum atomic E-state index is -1.60. The molecule has 54 heavy (non-hydrogen) atoms. The summed E-state index contributed by atoms with van der Waals surface area (Å²) in [6.07, 6.45) is 2.88. The molecule has 1 saturated heterocycles. The number of nitrogens with one attached hydrogen (secondary N) is 2. The van der Waals surface area contributed by atoms with E-state index in [4.69, 9.17) is 24.3 Å². The lowest BCUT2D eigenvalue weighted by Gasteiger charge is -2.62. The van der Waals surface area contributed by atoms with Gasteiger partial charge >= 0.3 is 0 Å². The number of imidazole rings is 2. The average Bonchev–Trinajstić information content (AvgIpc) is 3.84. The smallest absolute Gasteiger partial charge is 0.289 e. The molecule has 3 aliphatic heterocycles. The van der Waals surface area contributed by atoms with E-state index in [-0.39, 0.29) is 53.2 Å². The third-order valence-electron chi connectivity index (χ3n) is 12.4. The van der Waals surface area contributed by atoms with E-state index in [0.29, 0.717) is 42.8 Å². The van der Waals surface area contributed by atoms with Crippen molar-refractivity contribution in [2.24, 2.45) is 45.6 Å². The molecular formula is C36H44N8O10. The Bertz CT molecular complexity index is 2170. The van der Waals surface area contributed by atoms with Crippen molar-refractivity contribution in [1.82, 2.24) is 24.4 Å². The number of allylic oxidation sites excluding steroid dienone is 1. The molecule has 8 rings (SSSR count). The summed E-state index contributed by atoms with van der Waals surface area (Å²) in [7, 11) is 1.66. The molecule has 11 atom stereocenters. The van der Waals surface area contributed by atoms with E-state index in [1.54, 1.807) is 30.0 Å². The number of aliphatic hydroxyl groups excluding tert-OH is 5. The van der Waals surface area contributed by atoms with E-state index in [1.807, 2.05) is 23.8 Å². The molecule has 3 aromatic heterocycles. The highest BCUT2D eigenvalue weighted by Crippen LogP contribution is 2.62. The van der Waals surface area contributed by atoms with Crippen molar-refractivity contribution in [1.29, 1.82) is 5.41 Å². The second-order valence-electron chi connectivity index (χ2n) is 15.4. The van der Waals surface area contributed by atoms with Gasteiger partial charge in [0.1, 0.15) is 35.7 Å². The van der Waals surface area contributed by atoms with Gasteiger partial charge in [-0.15, -0.1) is 0 Å². The minimum Gasteiger partial charge on any atom is -0.480 e. The lowest BCUT2D eigenvalue weighted by atomic mass is 9.45. The fourth-order valence-corrected chi connectivity index (χ4v) is 9.35. The number of carbonyl (C=O) groups excluding carboxylic acids is 1. The van der Waals surface area contributed by atoms with Gasteiger partial charge in [-0.2, -0.15) is 4.99 Å². The van der Waals surface area contributed by atoms with Gasteiger partial charge in [-0.05, 0) is 42.6 Å². The maximum atomic E-state index is 12.4. The van der Waals surface area contributed by atoms with E-state index >= 15 is 0 Å². The molecule has 2 aliphatic carbocycles. The Labute approximate surface area is 308 Å². The summed E-state index contributed by atoms with van der Waals surface area (Å²) < 4.78 is 21.4. The molecule has 3 aromatic rings. The number of rotatable bonds is 7. The molecular weight excluding hydrogens is 704 g/mol. The van der Waals surface area contributed by atoms with E-state index in [1.165, 1.54) is 0 Å². The fourth-order valence-electron chi connectivity index (χ4n) is 9.35. The molecule has 18 heteroatoms. The third kappa shape index (κ3) is 5.75. The molecule has 288 valence electrons. The normalized spacial score (nSPS) is 36.6. The number of amides is 1. The highest BCUT2D eigenvalue weighted by molar-refractivity contribution is 6.05. The quantitative estimate of drug-likeness (QED) is 0.136. The second kappa shape index (κ2) is 13.3. The highest BCUT2D eigenvalue weighted by atomic mass is 16.7. The number of ether oxygens (including phenoxy) is 2. The molecule has 8 unspecified atom stereocenters. The van der Waals surface area contributed by atoms with Crippen molar-refractivity contribution >= 4 is 35.7 Å². The van der Waals surface area contributed by atoms with Gasteiger partial charge in [-0.25, -0.2) is 15.0 Å². The van der Waals surface area contributed by atoms with Gasteiger partial charge in [-0.3, -0.25) is 15.5 Å². The first-order valence-electron chi connectivity index (χ1n) is 17.9. The van der Waals surface area contributed by atoms with Gasteiger partial charge < -0.3 is 53.7 Å². The first-order valence-corrected chi connectivity index (χ1v) is 17.9. The Kier molecular flexibility index (Phi) is 8.99. The maximum absolute atomic E-state index is 12.4. The average molecular weight is 749 g/mol. The van der Waals surface area contributed by atoms with Crippen LogP contribution in [0.15, 0.2) is 38.9 Å². The van der Waals surface area contributed by atoms with E-state index in [0.717, 1.165) is 5.71 Å². The molecule has 6 heterocycles. The van der Waals surface area contributed by atoms with Crippen molar-refractivity contribution in [3.63, 3.8) is 0 Å². The van der Waals surface area contributed by atoms with E-state index in [9.17, 15) is 35.4 Å². The van der Waals surface area contributed by atoms with Gasteiger partial charge in [0.2, 0.25) is 11.9 Å². The summed E-state index contributed by atoms with van der Waals surface area (Å²) in [5, 5.41) is 73.5. The SMILES string of the molecule is Cn1c(=Cc2cc(/C=C/C3C4Cn5ccnc5N=C4CC4[C@]3(C)CC[C@@H](OC3OC(CO)C(O)C(O)C3O)[C@@]4(C)CO)c(O)o2)nc2c1=NC(=N)NC2=O. The Hall–Kier alpha value is -4.56. The number of nitrogens with zero attached hydrogens (tertiary/aromatic N) is 6. The number of carbonyl (C=O) groups is 1. The van der Waals surface area contributed by atoms with Crippen LogP contribution < -0.4 is 16.3 Å². The molecule has 1 amide bonds. The number of aromatic nitrogens is 4. The summed E-state index contributed by atoms with van der Waals surface area (Å²) >= 11 is 0. The Morgan fingerprint density at radius 1 is 1.17 bits per heavy atom. The summed E-state index contributed by atoms with van der Waals surface area (Å²) in [5.41, 5.74) is 0.670. The molecule has 2 saturated carbocycles. The van der Waals surface area contributed by atoms with Crippen LogP contribution in [0.25, 0.3) is 12.2 Å². The van der Waals surface area contributed by atoms with Crippen molar-refractivity contribution in [3.8, 4) is 5.95 Å². The maximum Gasteiger partial charge on any atom is 0.289 e. The number of aromatic hydroxyl groups is 1. The van der Waals surface area contributed by atoms with E-state index in [2.05, 4.69) is 33.3 Å². The van der Waals surface area contributed by atoms with Crippen LogP contribution in [-0.2, 0) is 23.1 Å². The molecule has 18 nitrogen and oxygen atoms in total. The van der Waals surface area contributed by atoms with Gasteiger partial charge in [0, 0.05) is 49.1 Å². The zero-order valence-electron chi connectivity index (χ0n) is 29.9. The number of furan rings is 1. The van der Waals surface area contributed by atoms with Crippen molar-refractivity contribution in [3.05, 3.63) is 52.5 Å². The number of hydrogen-bond donors (Lipinski definition) is 8. The lowest BCUT2D eigenvalue weighted by Crippen LogP contribution is -2.64. The summed E-state index contributed by atoms with van der Waals surface area (Å²) in [6, 6.07) is 1.66. The van der Waals surface area contributed by atoms with Crippen molar-refractivity contribution in [2.75, 3.05) is 13.2 Å². The highest BCUT2D eigenvalue weighted by Gasteiger charge is 2.61. The predicted octanol–water partition coefficient (Wildman–Crippen LogP) is -0.923. The van der Waals surface area contributed by atoms with E-state index < -0.39 is 60.2 Å². The largest absolute Gasteiger partial charge is 0.480 e. The van der Waals surface area contributed by atoms with Crippen molar-refractivity contribution < 1.29 is 49.3 Å². The van der Waals surface area contributed by atoms with Gasteiger partial charge in [0.25, 0.3) is 11.9 Å². The summed E-state index contributed by atoms with van der Waals surface area (Å²) in [4.78, 5) is 30.2. The molecule has 0 radical (unpaired) electrons. The standard InChI is InChI=1S/C36H44N8O10/c1-35-7-6-23(54-32-28(49)27(48)26(47)21(14-45)53-32)36(2,15-46)22(35)12-20-18(13-44-9-8-38-34(44)39-20)19(35)5-4-16-10-17(52-31(16)51)11-24-40-25-29(43(24)3)41-33(37)42-30(25)50/h4-5,8-11,18-19,21-23,26-28,32,45-49,51H,6-7,12-15H2,1-3H3,(H2,37,42,50)/b5-4+,24-11?/t18?,19?,21?,22?,23-,26?,27?,28?,32?,35-,36+/m1/s1. The Morgan fingerprint density at radius 3 is 2.72 bits per heavy atom. The first kappa shape index (κ1) is 36.4. The molecule has 0 bridgehead atoms. The van der Waals surface area contributed by atoms with Crippen LogP contribution in [-0.4, -0.2) is 117 Å². The van der Waals surface area contributed by atoms with Crippen LogP contribution in [0, 0.1) is 34.0 Å². The Morgan fingerprint density at radius 2 is 1.96 bits per heavy atom. The van der Waals surface area contributed by atoms with Crippen LogP contribution >= 0.6 is 0 Å². The van der Waals surface area contributed by atoms with Crippen LogP contribution in [0.4, 0.5) is 5.95 Å². The molecule has 5 aliphatic rings. The summed E-state index contributed by atoms with van der Waals surface area (Å²) in [5.74, 6) is -0.657. The number of guanidine groups is 1. The fraction of sp³-hybridized carbons (Fsp3) is 0.556. The molecule has 8 N–H and O–H groups in total. The minimum absolute atomic E-state index is 0.0392. The van der Waals surface area contributed by atoms with Crippen LogP contribution in [0.1, 0.15) is 54.9 Å². The van der Waals surface area contributed by atoms with Gasteiger partial charge in [0.05, 0.1) is 24.9 Å². The Balaban J connectivity index is 1.13. The predicted molar refractivity (Wildman–Crippen MR) is 188 cm³/mol. The second-order valence-corrected chi connectivity index (χ2v) is 15.4. The lowest BCUT2D eigenvalue weighted by molar-refractivity contribution is -0.329. The van der Waals surface area contributed by atoms with Gasteiger partial charge in [-0.1, -0.05) is 26.0 Å². The zero-order valence-corrected chi connectivity index (χ0v) is 29.9. The monoisotopic (exact) mass is 748 g/mol. The number of fused-ring (bicyclic) bond motifs is 4. The topological polar surface area (TPSA) is 266 Å².